The van der Waals surface area contributed by atoms with Gasteiger partial charge in [0.05, 0.1) is 23.3 Å². The number of nitrogens with zero attached hydrogens (tertiary/aromatic N) is 2. The van der Waals surface area contributed by atoms with Gasteiger partial charge in [-0.25, -0.2) is 9.59 Å². The third-order valence-electron chi connectivity index (χ3n) is 4.81. The van der Waals surface area contributed by atoms with Gasteiger partial charge in [0.25, 0.3) is 0 Å². The standard InChI is InChI=1S/C17H15NO3.C10H9NO3.CH4/c18-11-14-8-6-13(7-9-14)10-16(19)17(20)21-12-15-4-2-1-3-5-15;11-6-8-3-1-7(2-4-8)5-9(12)10(13)14;/h1-9,16,19H,10,12H2;1-4,9,12H,5H2,(H,13,14);1H4/t16-;9-;/m11./s1. The minimum atomic E-state index is -1.39. The van der Waals surface area contributed by atoms with Crippen LogP contribution in [0.3, 0.4) is 0 Å². The van der Waals surface area contributed by atoms with Crippen LogP contribution in [0.15, 0.2) is 78.9 Å². The molecule has 8 heteroatoms. The van der Waals surface area contributed by atoms with E-state index in [9.17, 15) is 14.7 Å². The van der Waals surface area contributed by atoms with E-state index in [2.05, 4.69) is 0 Å². The minimum absolute atomic E-state index is 0. The van der Waals surface area contributed by atoms with Crippen molar-refractivity contribution in [2.24, 2.45) is 0 Å². The van der Waals surface area contributed by atoms with Crippen molar-refractivity contribution in [2.75, 3.05) is 0 Å². The Hall–Kier alpha value is -4.50. The van der Waals surface area contributed by atoms with Crippen molar-refractivity contribution in [2.45, 2.75) is 39.1 Å². The maximum absolute atomic E-state index is 11.7. The first kappa shape index (κ1) is 29.5. The number of carboxylic acids is 1. The molecule has 0 aliphatic heterocycles. The van der Waals surface area contributed by atoms with Crippen LogP contribution in [0, 0.1) is 22.7 Å². The number of carboxylic acid groups (broad SMARTS) is 1. The van der Waals surface area contributed by atoms with Crippen molar-refractivity contribution >= 4 is 11.9 Å². The largest absolute Gasteiger partial charge is 0.479 e. The maximum Gasteiger partial charge on any atom is 0.335 e. The molecule has 0 saturated carbocycles. The second kappa shape index (κ2) is 15.4. The molecule has 3 aromatic carbocycles. The molecule has 0 aliphatic rings. The molecule has 2 atom stereocenters. The molecule has 36 heavy (non-hydrogen) atoms. The second-order valence-corrected chi connectivity index (χ2v) is 7.49. The number of aliphatic hydroxyl groups excluding tert-OH is 2. The summed E-state index contributed by atoms with van der Waals surface area (Å²) in [6.07, 6.45) is -2.37. The number of ether oxygens (including phenoxy) is 1. The molecule has 3 N–H and O–H groups in total. The monoisotopic (exact) mass is 488 g/mol. The summed E-state index contributed by atoms with van der Waals surface area (Å²) in [5, 5.41) is 44.5. The normalized spacial score (nSPS) is 11.2. The van der Waals surface area contributed by atoms with Crippen molar-refractivity contribution in [3.05, 3.63) is 107 Å². The molecule has 0 spiro atoms. The lowest BCUT2D eigenvalue weighted by atomic mass is 10.1. The summed E-state index contributed by atoms with van der Waals surface area (Å²) in [6.45, 7) is 0.143. The average molecular weight is 489 g/mol. The highest BCUT2D eigenvalue weighted by Crippen LogP contribution is 2.09. The second-order valence-electron chi connectivity index (χ2n) is 7.49. The summed E-state index contributed by atoms with van der Waals surface area (Å²) in [5.41, 5.74) is 3.40. The van der Waals surface area contributed by atoms with Crippen LogP contribution >= 0.6 is 0 Å². The molecular weight excluding hydrogens is 460 g/mol. The van der Waals surface area contributed by atoms with Gasteiger partial charge in [-0.05, 0) is 41.0 Å². The van der Waals surface area contributed by atoms with Gasteiger partial charge in [0, 0.05) is 12.8 Å². The third-order valence-corrected chi connectivity index (χ3v) is 4.81. The number of benzene rings is 3. The molecule has 0 amide bonds. The molecule has 0 aliphatic carbocycles. The van der Waals surface area contributed by atoms with E-state index in [0.29, 0.717) is 16.7 Å². The first-order valence-electron chi connectivity index (χ1n) is 10.6. The highest BCUT2D eigenvalue weighted by Gasteiger charge is 2.17. The Kier molecular flexibility index (Phi) is 12.6. The molecule has 186 valence electrons. The summed E-state index contributed by atoms with van der Waals surface area (Å²) < 4.78 is 5.07. The fraction of sp³-hybridized carbons (Fsp3) is 0.214. The van der Waals surface area contributed by atoms with Crippen molar-refractivity contribution in [3.63, 3.8) is 0 Å². The van der Waals surface area contributed by atoms with Gasteiger partial charge in [0.1, 0.15) is 6.61 Å². The van der Waals surface area contributed by atoms with E-state index in [4.69, 9.17) is 25.5 Å². The highest BCUT2D eigenvalue weighted by molar-refractivity contribution is 5.74. The number of hydrogen-bond donors (Lipinski definition) is 3. The topological polar surface area (TPSA) is 152 Å². The van der Waals surface area contributed by atoms with E-state index >= 15 is 0 Å². The van der Waals surface area contributed by atoms with Gasteiger partial charge >= 0.3 is 11.9 Å². The van der Waals surface area contributed by atoms with Gasteiger partial charge in [0.2, 0.25) is 0 Å². The van der Waals surface area contributed by atoms with Crippen molar-refractivity contribution in [1.82, 2.24) is 0 Å². The quantitative estimate of drug-likeness (QED) is 0.408. The van der Waals surface area contributed by atoms with E-state index in [1.165, 1.54) is 0 Å². The van der Waals surface area contributed by atoms with E-state index in [-0.39, 0.29) is 26.9 Å². The van der Waals surface area contributed by atoms with Crippen LogP contribution in [0.1, 0.15) is 35.2 Å². The van der Waals surface area contributed by atoms with Gasteiger partial charge in [-0.1, -0.05) is 62.0 Å². The Bertz CT molecular complexity index is 1180. The van der Waals surface area contributed by atoms with Crippen LogP contribution in [0.4, 0.5) is 0 Å². The predicted octanol–water partition coefficient (Wildman–Crippen LogP) is 3.39. The lowest BCUT2D eigenvalue weighted by Crippen LogP contribution is -2.25. The highest BCUT2D eigenvalue weighted by atomic mass is 16.5. The zero-order valence-corrected chi connectivity index (χ0v) is 18.7. The lowest BCUT2D eigenvalue weighted by molar-refractivity contribution is -0.154. The van der Waals surface area contributed by atoms with Gasteiger partial charge in [-0.3, -0.25) is 0 Å². The van der Waals surface area contributed by atoms with E-state index in [1.807, 2.05) is 42.5 Å². The number of rotatable bonds is 8. The number of aliphatic hydroxyl groups is 2. The molecule has 8 nitrogen and oxygen atoms in total. The number of esters is 1. The third kappa shape index (κ3) is 10.2. The molecule has 0 heterocycles. The Labute approximate surface area is 210 Å². The van der Waals surface area contributed by atoms with Gasteiger partial charge in [-0.2, -0.15) is 10.5 Å². The molecule has 0 radical (unpaired) electrons. The Morgan fingerprint density at radius 3 is 1.58 bits per heavy atom. The molecule has 3 rings (SSSR count). The minimum Gasteiger partial charge on any atom is -0.479 e. The molecular formula is C28H28N2O6. The Balaban J connectivity index is 0.000000379. The fourth-order valence-electron chi connectivity index (χ4n) is 2.87. The summed E-state index contributed by atoms with van der Waals surface area (Å²) in [5.74, 6) is -1.89. The van der Waals surface area contributed by atoms with Crippen molar-refractivity contribution < 1.29 is 29.6 Å². The Morgan fingerprint density at radius 1 is 0.722 bits per heavy atom. The van der Waals surface area contributed by atoms with E-state index in [0.717, 1.165) is 11.1 Å². The van der Waals surface area contributed by atoms with Crippen molar-refractivity contribution in [3.8, 4) is 12.1 Å². The average Bonchev–Trinajstić information content (AvgIpc) is 2.89. The lowest BCUT2D eigenvalue weighted by Gasteiger charge is -2.11. The molecule has 0 bridgehead atoms. The van der Waals surface area contributed by atoms with Crippen LogP contribution in [0.25, 0.3) is 0 Å². The SMILES string of the molecule is C.N#Cc1ccc(C[C@@H](O)C(=O)O)cc1.N#Cc1ccc(C[C@@H](O)C(=O)OCc2ccccc2)cc1. The number of hydrogen-bond acceptors (Lipinski definition) is 7. The van der Waals surface area contributed by atoms with Gasteiger partial charge in [0.15, 0.2) is 12.2 Å². The molecule has 0 aromatic heterocycles. The first-order chi connectivity index (χ1) is 16.8. The summed E-state index contributed by atoms with van der Waals surface area (Å²) in [4.78, 5) is 22.0. The van der Waals surface area contributed by atoms with Crippen LogP contribution in [-0.2, 0) is 33.8 Å². The molecule has 0 unspecified atom stereocenters. The maximum atomic E-state index is 11.7. The Morgan fingerprint density at radius 2 is 1.17 bits per heavy atom. The van der Waals surface area contributed by atoms with Gasteiger partial charge in [-0.15, -0.1) is 0 Å². The number of nitriles is 2. The first-order valence-corrected chi connectivity index (χ1v) is 10.6. The number of aliphatic carboxylic acids is 1. The van der Waals surface area contributed by atoms with Crippen LogP contribution in [0.5, 0.6) is 0 Å². The summed E-state index contributed by atoms with van der Waals surface area (Å²) in [7, 11) is 0. The molecule has 0 fully saturated rings. The van der Waals surface area contributed by atoms with Crippen LogP contribution in [-0.4, -0.2) is 39.5 Å². The van der Waals surface area contributed by atoms with E-state index < -0.39 is 24.1 Å². The zero-order valence-electron chi connectivity index (χ0n) is 18.7. The van der Waals surface area contributed by atoms with Gasteiger partial charge < -0.3 is 20.1 Å². The summed E-state index contributed by atoms with van der Waals surface area (Å²) >= 11 is 0. The smallest absolute Gasteiger partial charge is 0.335 e. The van der Waals surface area contributed by atoms with E-state index in [1.54, 1.807) is 48.5 Å². The fourth-order valence-corrected chi connectivity index (χ4v) is 2.87. The number of carbonyl (C=O) groups is 2. The number of carbonyl (C=O) groups excluding carboxylic acids is 1. The molecule has 3 aromatic rings. The molecule has 0 saturated heterocycles. The summed E-state index contributed by atoms with van der Waals surface area (Å²) in [6, 6.07) is 26.4. The predicted molar refractivity (Wildman–Crippen MR) is 132 cm³/mol. The van der Waals surface area contributed by atoms with Crippen molar-refractivity contribution in [1.29, 1.82) is 10.5 Å². The van der Waals surface area contributed by atoms with Crippen LogP contribution < -0.4 is 0 Å². The van der Waals surface area contributed by atoms with Crippen LogP contribution in [0.2, 0.25) is 0 Å². The zero-order chi connectivity index (χ0) is 25.6.